The van der Waals surface area contributed by atoms with E-state index in [2.05, 4.69) is 4.98 Å². The topological polar surface area (TPSA) is 60.9 Å². The van der Waals surface area contributed by atoms with Crippen molar-refractivity contribution in [2.45, 2.75) is 5.92 Å². The van der Waals surface area contributed by atoms with Gasteiger partial charge in [-0.15, -0.1) is 0 Å². The summed E-state index contributed by atoms with van der Waals surface area (Å²) in [4.78, 5) is 19.3. The smallest absolute Gasteiger partial charge is 0.254 e. The number of methoxy groups -OCH3 is 1. The van der Waals surface area contributed by atoms with Gasteiger partial charge < -0.3 is 19.1 Å². The van der Waals surface area contributed by atoms with Gasteiger partial charge in [-0.1, -0.05) is 6.07 Å². The van der Waals surface area contributed by atoms with Gasteiger partial charge in [0.25, 0.3) is 5.91 Å². The Labute approximate surface area is 146 Å². The summed E-state index contributed by atoms with van der Waals surface area (Å²) < 4.78 is 16.1. The van der Waals surface area contributed by atoms with Crippen LogP contribution in [0.25, 0.3) is 0 Å². The molecule has 2 atom stereocenters. The lowest BCUT2D eigenvalue weighted by atomic mass is 9.93. The molecule has 0 bridgehead atoms. The maximum absolute atomic E-state index is 12.9. The molecule has 1 amide bonds. The molecule has 1 aromatic heterocycles. The van der Waals surface area contributed by atoms with Gasteiger partial charge in [-0.2, -0.15) is 0 Å². The summed E-state index contributed by atoms with van der Waals surface area (Å²) in [5, 5.41) is 0. The number of rotatable bonds is 4. The number of aromatic nitrogens is 1. The molecule has 4 rings (SSSR count). The summed E-state index contributed by atoms with van der Waals surface area (Å²) in [7, 11) is 1.69. The van der Waals surface area contributed by atoms with Gasteiger partial charge in [0.1, 0.15) is 0 Å². The van der Waals surface area contributed by atoms with Crippen molar-refractivity contribution in [3.8, 4) is 11.5 Å². The number of carbonyl (C=O) groups excluding carboxylic acids is 1. The van der Waals surface area contributed by atoms with Crippen molar-refractivity contribution in [2.75, 3.05) is 33.6 Å². The van der Waals surface area contributed by atoms with Crippen LogP contribution < -0.4 is 9.47 Å². The first-order chi connectivity index (χ1) is 12.3. The highest BCUT2D eigenvalue weighted by Crippen LogP contribution is 2.35. The molecule has 2 aliphatic heterocycles. The Morgan fingerprint density at radius 3 is 2.92 bits per heavy atom. The standard InChI is InChI=1S/C19H20N2O4/c1-23-11-14-9-21(10-15(14)16-4-2-3-7-20-16)19(22)13-5-6-17-18(8-13)25-12-24-17/h2-8,14-15H,9-12H2,1H3/t14-,15+/m0/s1. The minimum absolute atomic E-state index is 0.00201. The van der Waals surface area contributed by atoms with Crippen molar-refractivity contribution in [3.05, 3.63) is 53.9 Å². The number of hydrogen-bond donors (Lipinski definition) is 0. The van der Waals surface area contributed by atoms with Crippen molar-refractivity contribution in [2.24, 2.45) is 5.92 Å². The number of nitrogens with zero attached hydrogens (tertiary/aromatic N) is 2. The number of benzene rings is 1. The molecule has 0 saturated carbocycles. The third-order valence-corrected chi connectivity index (χ3v) is 4.80. The summed E-state index contributed by atoms with van der Waals surface area (Å²) in [6.45, 7) is 2.10. The summed E-state index contributed by atoms with van der Waals surface area (Å²) in [5.41, 5.74) is 1.62. The molecule has 0 N–H and O–H groups in total. The van der Waals surface area contributed by atoms with Crippen LogP contribution >= 0.6 is 0 Å². The van der Waals surface area contributed by atoms with E-state index >= 15 is 0 Å². The Morgan fingerprint density at radius 2 is 2.12 bits per heavy atom. The van der Waals surface area contributed by atoms with Gasteiger partial charge in [0.05, 0.1) is 6.61 Å². The molecule has 6 heteroatoms. The van der Waals surface area contributed by atoms with E-state index in [-0.39, 0.29) is 24.5 Å². The van der Waals surface area contributed by atoms with E-state index in [1.807, 2.05) is 23.1 Å². The third kappa shape index (κ3) is 3.05. The Bertz CT molecular complexity index is 765. The quantitative estimate of drug-likeness (QED) is 0.855. The Balaban J connectivity index is 1.55. The number of ether oxygens (including phenoxy) is 3. The van der Waals surface area contributed by atoms with Gasteiger partial charge in [-0.05, 0) is 30.3 Å². The van der Waals surface area contributed by atoms with Crippen LogP contribution in [0.1, 0.15) is 22.0 Å². The highest BCUT2D eigenvalue weighted by Gasteiger charge is 2.37. The molecule has 1 aromatic carbocycles. The molecule has 6 nitrogen and oxygen atoms in total. The fourth-order valence-corrected chi connectivity index (χ4v) is 3.56. The molecule has 2 aromatic rings. The largest absolute Gasteiger partial charge is 0.454 e. The Morgan fingerprint density at radius 1 is 1.24 bits per heavy atom. The molecule has 25 heavy (non-hydrogen) atoms. The molecule has 3 heterocycles. The highest BCUT2D eigenvalue weighted by molar-refractivity contribution is 5.95. The summed E-state index contributed by atoms with van der Waals surface area (Å²) in [5.74, 6) is 1.72. The summed E-state index contributed by atoms with van der Waals surface area (Å²) in [6.07, 6.45) is 1.79. The van der Waals surface area contributed by atoms with E-state index in [1.165, 1.54) is 0 Å². The van der Waals surface area contributed by atoms with Gasteiger partial charge in [0.2, 0.25) is 6.79 Å². The van der Waals surface area contributed by atoms with Crippen LogP contribution in [0.15, 0.2) is 42.6 Å². The molecule has 0 aliphatic carbocycles. The number of amides is 1. The van der Waals surface area contributed by atoms with E-state index in [0.29, 0.717) is 36.8 Å². The fraction of sp³-hybridized carbons (Fsp3) is 0.368. The van der Waals surface area contributed by atoms with Gasteiger partial charge in [-0.25, -0.2) is 0 Å². The van der Waals surface area contributed by atoms with Crippen molar-refractivity contribution >= 4 is 5.91 Å². The van der Waals surface area contributed by atoms with Crippen LogP contribution in [0.2, 0.25) is 0 Å². The SMILES string of the molecule is COC[C@@H]1CN(C(=O)c2ccc3c(c2)OCO3)C[C@H]1c1ccccn1. The van der Waals surface area contributed by atoms with Crippen molar-refractivity contribution < 1.29 is 19.0 Å². The van der Waals surface area contributed by atoms with E-state index in [0.717, 1.165) is 5.69 Å². The number of pyridine rings is 1. The number of hydrogen-bond acceptors (Lipinski definition) is 5. The van der Waals surface area contributed by atoms with Crippen LogP contribution in [-0.4, -0.2) is 49.4 Å². The summed E-state index contributed by atoms with van der Waals surface area (Å²) in [6, 6.07) is 11.2. The molecule has 0 spiro atoms. The monoisotopic (exact) mass is 340 g/mol. The predicted molar refractivity (Wildman–Crippen MR) is 90.8 cm³/mol. The van der Waals surface area contributed by atoms with Crippen molar-refractivity contribution in [1.29, 1.82) is 0 Å². The number of likely N-dealkylation sites (tertiary alicyclic amines) is 1. The zero-order valence-electron chi connectivity index (χ0n) is 14.1. The minimum Gasteiger partial charge on any atom is -0.454 e. The van der Waals surface area contributed by atoms with E-state index in [4.69, 9.17) is 14.2 Å². The van der Waals surface area contributed by atoms with Crippen LogP contribution in [0.5, 0.6) is 11.5 Å². The maximum atomic E-state index is 12.9. The second-order valence-electron chi connectivity index (χ2n) is 6.35. The fourth-order valence-electron chi connectivity index (χ4n) is 3.56. The molecule has 0 unspecified atom stereocenters. The molecule has 1 fully saturated rings. The van der Waals surface area contributed by atoms with E-state index < -0.39 is 0 Å². The van der Waals surface area contributed by atoms with Crippen molar-refractivity contribution in [3.63, 3.8) is 0 Å². The average Bonchev–Trinajstić information content (AvgIpc) is 3.28. The molecular formula is C19H20N2O4. The lowest BCUT2D eigenvalue weighted by molar-refractivity contribution is 0.0775. The first-order valence-electron chi connectivity index (χ1n) is 8.35. The van der Waals surface area contributed by atoms with Crippen LogP contribution in [-0.2, 0) is 4.74 Å². The van der Waals surface area contributed by atoms with Crippen LogP contribution in [0, 0.1) is 5.92 Å². The molecule has 0 radical (unpaired) electrons. The average molecular weight is 340 g/mol. The first-order valence-corrected chi connectivity index (χ1v) is 8.35. The van der Waals surface area contributed by atoms with Gasteiger partial charge in [-0.3, -0.25) is 9.78 Å². The van der Waals surface area contributed by atoms with E-state index in [1.54, 1.807) is 31.5 Å². The van der Waals surface area contributed by atoms with Gasteiger partial charge in [0.15, 0.2) is 11.5 Å². The normalized spacial score (nSPS) is 21.6. The minimum atomic E-state index is -0.00201. The molecular weight excluding hydrogens is 320 g/mol. The van der Waals surface area contributed by atoms with Crippen LogP contribution in [0.3, 0.4) is 0 Å². The Kier molecular flexibility index (Phi) is 4.28. The van der Waals surface area contributed by atoms with Crippen molar-refractivity contribution in [1.82, 2.24) is 9.88 Å². The van der Waals surface area contributed by atoms with Gasteiger partial charge >= 0.3 is 0 Å². The number of fused-ring (bicyclic) bond motifs is 1. The van der Waals surface area contributed by atoms with Gasteiger partial charge in [0, 0.05) is 49.5 Å². The summed E-state index contributed by atoms with van der Waals surface area (Å²) >= 11 is 0. The second-order valence-corrected chi connectivity index (χ2v) is 6.35. The first kappa shape index (κ1) is 15.9. The maximum Gasteiger partial charge on any atom is 0.254 e. The number of carbonyl (C=O) groups is 1. The lowest BCUT2D eigenvalue weighted by Gasteiger charge is -2.16. The Hall–Kier alpha value is -2.60. The molecule has 1 saturated heterocycles. The lowest BCUT2D eigenvalue weighted by Crippen LogP contribution is -2.29. The molecule has 2 aliphatic rings. The van der Waals surface area contributed by atoms with Crippen LogP contribution in [0.4, 0.5) is 0 Å². The zero-order valence-corrected chi connectivity index (χ0v) is 14.1. The third-order valence-electron chi connectivity index (χ3n) is 4.80. The molecule has 130 valence electrons. The van der Waals surface area contributed by atoms with E-state index in [9.17, 15) is 4.79 Å². The second kappa shape index (κ2) is 6.72. The predicted octanol–water partition coefficient (Wildman–Crippen LogP) is 2.31. The highest BCUT2D eigenvalue weighted by atomic mass is 16.7. The zero-order chi connectivity index (χ0) is 17.2.